The zero-order chi connectivity index (χ0) is 14.6. The van der Waals surface area contributed by atoms with Crippen LogP contribution >= 0.6 is 0 Å². The summed E-state index contributed by atoms with van der Waals surface area (Å²) in [6.45, 7) is 1.69. The Labute approximate surface area is 107 Å². The molecule has 0 saturated carbocycles. The quantitative estimate of drug-likeness (QED) is 0.887. The number of hydrogen-bond acceptors (Lipinski definition) is 2. The van der Waals surface area contributed by atoms with Crippen LogP contribution in [0.1, 0.15) is 24.8 Å². The second-order valence-electron chi connectivity index (χ2n) is 4.07. The molecule has 4 nitrogen and oxygen atoms in total. The van der Waals surface area contributed by atoms with E-state index < -0.39 is 18.1 Å². The summed E-state index contributed by atoms with van der Waals surface area (Å²) in [5, 5.41) is 10.3. The molecule has 0 bridgehead atoms. The van der Waals surface area contributed by atoms with E-state index in [1.807, 2.05) is 0 Å². The van der Waals surface area contributed by atoms with E-state index in [4.69, 9.17) is 5.11 Å². The Balaban J connectivity index is 2.72. The van der Waals surface area contributed by atoms with Crippen LogP contribution in [0.2, 0.25) is 0 Å². The lowest BCUT2D eigenvalue weighted by Crippen LogP contribution is -2.29. The average Bonchev–Trinajstić information content (AvgIpc) is 2.27. The SMILES string of the molecule is CC(CC(=O)O)c1ccc(NC(=O)C(F)(F)F)cc1. The second-order valence-corrected chi connectivity index (χ2v) is 4.07. The number of hydrogen-bond donors (Lipinski definition) is 2. The minimum Gasteiger partial charge on any atom is -0.481 e. The zero-order valence-electron chi connectivity index (χ0n) is 9.99. The number of nitrogens with one attached hydrogen (secondary N) is 1. The number of rotatable bonds is 4. The van der Waals surface area contributed by atoms with Crippen molar-refractivity contribution in [2.24, 2.45) is 0 Å². The van der Waals surface area contributed by atoms with Gasteiger partial charge in [0.15, 0.2) is 0 Å². The summed E-state index contributed by atoms with van der Waals surface area (Å²) >= 11 is 0. The summed E-state index contributed by atoms with van der Waals surface area (Å²) in [4.78, 5) is 21.2. The van der Waals surface area contributed by atoms with Gasteiger partial charge in [-0.1, -0.05) is 19.1 Å². The predicted molar refractivity (Wildman–Crippen MR) is 61.8 cm³/mol. The van der Waals surface area contributed by atoms with E-state index in [1.165, 1.54) is 24.3 Å². The number of carboxylic acid groups (broad SMARTS) is 1. The van der Waals surface area contributed by atoms with Gasteiger partial charge in [0.1, 0.15) is 0 Å². The van der Waals surface area contributed by atoms with Gasteiger partial charge in [-0.25, -0.2) is 0 Å². The minimum atomic E-state index is -4.94. The molecule has 19 heavy (non-hydrogen) atoms. The molecule has 1 atom stereocenters. The topological polar surface area (TPSA) is 66.4 Å². The van der Waals surface area contributed by atoms with Crippen LogP contribution in [-0.4, -0.2) is 23.2 Å². The third-order valence-corrected chi connectivity index (χ3v) is 2.48. The molecule has 0 aliphatic heterocycles. The van der Waals surface area contributed by atoms with Crippen molar-refractivity contribution in [2.45, 2.75) is 25.4 Å². The van der Waals surface area contributed by atoms with Gasteiger partial charge in [-0.15, -0.1) is 0 Å². The van der Waals surface area contributed by atoms with E-state index in [2.05, 4.69) is 0 Å². The molecule has 2 N–H and O–H groups in total. The van der Waals surface area contributed by atoms with E-state index in [9.17, 15) is 22.8 Å². The third-order valence-electron chi connectivity index (χ3n) is 2.48. The molecule has 1 rings (SSSR count). The molecule has 1 aromatic rings. The van der Waals surface area contributed by atoms with Gasteiger partial charge in [-0.2, -0.15) is 13.2 Å². The molecule has 7 heteroatoms. The van der Waals surface area contributed by atoms with Crippen molar-refractivity contribution < 1.29 is 27.9 Å². The van der Waals surface area contributed by atoms with Crippen LogP contribution in [0.25, 0.3) is 0 Å². The van der Waals surface area contributed by atoms with Crippen molar-refractivity contribution in [3.05, 3.63) is 29.8 Å². The molecule has 1 unspecified atom stereocenters. The Kier molecular flexibility index (Phi) is 4.52. The number of carbonyl (C=O) groups excluding carboxylic acids is 1. The molecule has 0 aromatic heterocycles. The molecule has 0 saturated heterocycles. The number of benzene rings is 1. The maximum atomic E-state index is 12.0. The molecular weight excluding hydrogens is 263 g/mol. The van der Waals surface area contributed by atoms with Crippen LogP contribution in [0.3, 0.4) is 0 Å². The lowest BCUT2D eigenvalue weighted by molar-refractivity contribution is -0.167. The van der Waals surface area contributed by atoms with Crippen LogP contribution in [0.4, 0.5) is 18.9 Å². The van der Waals surface area contributed by atoms with Gasteiger partial charge in [0, 0.05) is 5.69 Å². The smallest absolute Gasteiger partial charge is 0.471 e. The number of anilines is 1. The number of alkyl halides is 3. The molecule has 104 valence electrons. The lowest BCUT2D eigenvalue weighted by Gasteiger charge is -2.11. The van der Waals surface area contributed by atoms with Crippen molar-refractivity contribution in [3.8, 4) is 0 Å². The van der Waals surface area contributed by atoms with E-state index in [1.54, 1.807) is 12.2 Å². The standard InChI is InChI=1S/C12H12F3NO3/c1-7(6-10(17)18)8-2-4-9(5-3-8)16-11(19)12(13,14)15/h2-5,7H,6H2,1H3,(H,16,19)(H,17,18). The van der Waals surface area contributed by atoms with Gasteiger partial charge in [0.05, 0.1) is 6.42 Å². The van der Waals surface area contributed by atoms with Crippen LogP contribution in [-0.2, 0) is 9.59 Å². The van der Waals surface area contributed by atoms with Gasteiger partial charge < -0.3 is 10.4 Å². The fourth-order valence-corrected chi connectivity index (χ4v) is 1.48. The molecule has 0 radical (unpaired) electrons. The maximum absolute atomic E-state index is 12.0. The monoisotopic (exact) mass is 275 g/mol. The van der Waals surface area contributed by atoms with Gasteiger partial charge in [-0.05, 0) is 23.6 Å². The Bertz CT molecular complexity index is 468. The number of halogens is 3. The van der Waals surface area contributed by atoms with Crippen molar-refractivity contribution in [1.29, 1.82) is 0 Å². The summed E-state index contributed by atoms with van der Waals surface area (Å²) in [5.41, 5.74) is 0.681. The van der Waals surface area contributed by atoms with Gasteiger partial charge in [-0.3, -0.25) is 9.59 Å². The summed E-state index contributed by atoms with van der Waals surface area (Å²) < 4.78 is 36.0. The van der Waals surface area contributed by atoms with E-state index in [0.29, 0.717) is 5.56 Å². The highest BCUT2D eigenvalue weighted by Gasteiger charge is 2.38. The number of amides is 1. The van der Waals surface area contributed by atoms with Crippen molar-refractivity contribution >= 4 is 17.6 Å². The first-order chi connectivity index (χ1) is 8.70. The summed E-state index contributed by atoms with van der Waals surface area (Å²) in [6.07, 6.45) is -5.01. The van der Waals surface area contributed by atoms with Crippen molar-refractivity contribution in [2.75, 3.05) is 5.32 Å². The lowest BCUT2D eigenvalue weighted by atomic mass is 9.98. The largest absolute Gasteiger partial charge is 0.481 e. The molecule has 0 heterocycles. The van der Waals surface area contributed by atoms with E-state index in [0.717, 1.165) is 0 Å². The third kappa shape index (κ3) is 4.61. The predicted octanol–water partition coefficient (Wildman–Crippen LogP) is 2.77. The fourth-order valence-electron chi connectivity index (χ4n) is 1.48. The summed E-state index contributed by atoms with van der Waals surface area (Å²) in [6, 6.07) is 5.58. The number of aliphatic carboxylic acids is 1. The zero-order valence-corrected chi connectivity index (χ0v) is 9.99. The fraction of sp³-hybridized carbons (Fsp3) is 0.333. The van der Waals surface area contributed by atoms with Crippen LogP contribution in [0, 0.1) is 0 Å². The Morgan fingerprint density at radius 2 is 1.79 bits per heavy atom. The summed E-state index contributed by atoms with van der Waals surface area (Å²) in [7, 11) is 0. The maximum Gasteiger partial charge on any atom is 0.471 e. The first-order valence-electron chi connectivity index (χ1n) is 5.40. The molecular formula is C12H12F3NO3. The van der Waals surface area contributed by atoms with Crippen LogP contribution in [0.5, 0.6) is 0 Å². The molecule has 1 amide bonds. The van der Waals surface area contributed by atoms with Crippen molar-refractivity contribution in [3.63, 3.8) is 0 Å². The van der Waals surface area contributed by atoms with E-state index >= 15 is 0 Å². The molecule has 0 aliphatic rings. The molecule has 0 fully saturated rings. The molecule has 0 spiro atoms. The first kappa shape index (κ1) is 15.0. The number of carboxylic acids is 1. The molecule has 1 aromatic carbocycles. The van der Waals surface area contributed by atoms with Crippen LogP contribution in [0.15, 0.2) is 24.3 Å². The highest BCUT2D eigenvalue weighted by atomic mass is 19.4. The Morgan fingerprint density at radius 3 is 2.21 bits per heavy atom. The normalized spacial score (nSPS) is 12.8. The average molecular weight is 275 g/mol. The van der Waals surface area contributed by atoms with Gasteiger partial charge >= 0.3 is 18.1 Å². The summed E-state index contributed by atoms with van der Waals surface area (Å²) in [5.74, 6) is -3.26. The second kappa shape index (κ2) is 5.73. The Morgan fingerprint density at radius 1 is 1.26 bits per heavy atom. The van der Waals surface area contributed by atoms with E-state index in [-0.39, 0.29) is 18.0 Å². The Hall–Kier alpha value is -2.05. The van der Waals surface area contributed by atoms with Gasteiger partial charge in [0.2, 0.25) is 0 Å². The van der Waals surface area contributed by atoms with Crippen LogP contribution < -0.4 is 5.32 Å². The van der Waals surface area contributed by atoms with Crippen molar-refractivity contribution in [1.82, 2.24) is 0 Å². The van der Waals surface area contributed by atoms with Gasteiger partial charge in [0.25, 0.3) is 0 Å². The number of carbonyl (C=O) groups is 2. The minimum absolute atomic E-state index is 0.00796. The molecule has 0 aliphatic carbocycles. The highest BCUT2D eigenvalue weighted by molar-refractivity contribution is 5.94. The first-order valence-corrected chi connectivity index (χ1v) is 5.40. The highest BCUT2D eigenvalue weighted by Crippen LogP contribution is 2.22.